The SMILES string of the molecule is COC(=O)CNC(=O)c1ccc(NC(=O)Cc2csc(-c3cccnc3)n2)cc1. The lowest BCUT2D eigenvalue weighted by atomic mass is 10.2. The van der Waals surface area contributed by atoms with Crippen molar-refractivity contribution in [3.8, 4) is 10.6 Å². The fourth-order valence-corrected chi connectivity index (χ4v) is 3.22. The highest BCUT2D eigenvalue weighted by Gasteiger charge is 2.11. The van der Waals surface area contributed by atoms with Crippen LogP contribution >= 0.6 is 11.3 Å². The standard InChI is InChI=1S/C20H18N4O4S/c1-28-18(26)11-22-19(27)13-4-6-15(7-5-13)23-17(25)9-16-12-29-20(24-16)14-3-2-8-21-10-14/h2-8,10,12H,9,11H2,1H3,(H,22,27)(H,23,25). The molecule has 1 aromatic carbocycles. The first kappa shape index (κ1) is 20.2. The molecule has 2 N–H and O–H groups in total. The number of nitrogens with zero attached hydrogens (tertiary/aromatic N) is 2. The van der Waals surface area contributed by atoms with Gasteiger partial charge in [0.15, 0.2) is 0 Å². The Labute approximate surface area is 171 Å². The van der Waals surface area contributed by atoms with E-state index in [1.807, 2.05) is 17.5 Å². The zero-order valence-electron chi connectivity index (χ0n) is 15.5. The molecule has 3 rings (SSSR count). The summed E-state index contributed by atoms with van der Waals surface area (Å²) in [6.45, 7) is -0.206. The number of hydrogen-bond donors (Lipinski definition) is 2. The second-order valence-electron chi connectivity index (χ2n) is 5.95. The molecule has 0 bridgehead atoms. The minimum atomic E-state index is -0.532. The lowest BCUT2D eigenvalue weighted by molar-refractivity contribution is -0.139. The smallest absolute Gasteiger partial charge is 0.325 e. The molecule has 9 heteroatoms. The first-order valence-corrected chi connectivity index (χ1v) is 9.53. The lowest BCUT2D eigenvalue weighted by Gasteiger charge is -2.07. The summed E-state index contributed by atoms with van der Waals surface area (Å²) in [5, 5.41) is 7.87. The van der Waals surface area contributed by atoms with Crippen molar-refractivity contribution in [2.45, 2.75) is 6.42 Å². The number of benzene rings is 1. The zero-order valence-corrected chi connectivity index (χ0v) is 16.4. The molecular formula is C20H18N4O4S. The Bertz CT molecular complexity index is 1000. The number of esters is 1. The monoisotopic (exact) mass is 410 g/mol. The van der Waals surface area contributed by atoms with Gasteiger partial charge >= 0.3 is 5.97 Å². The summed E-state index contributed by atoms with van der Waals surface area (Å²) in [6.07, 6.45) is 3.56. The van der Waals surface area contributed by atoms with Gasteiger partial charge < -0.3 is 15.4 Å². The molecule has 0 aliphatic heterocycles. The van der Waals surface area contributed by atoms with Crippen LogP contribution in [0.3, 0.4) is 0 Å². The molecule has 0 aliphatic rings. The average molecular weight is 410 g/mol. The second-order valence-corrected chi connectivity index (χ2v) is 6.80. The fraction of sp³-hybridized carbons (Fsp3) is 0.150. The van der Waals surface area contributed by atoms with Crippen LogP contribution in [-0.2, 0) is 20.7 Å². The molecule has 0 radical (unpaired) electrons. The molecule has 29 heavy (non-hydrogen) atoms. The van der Waals surface area contributed by atoms with E-state index in [9.17, 15) is 14.4 Å². The van der Waals surface area contributed by atoms with Crippen molar-refractivity contribution >= 4 is 34.8 Å². The minimum Gasteiger partial charge on any atom is -0.468 e. The van der Waals surface area contributed by atoms with Crippen LogP contribution in [0.2, 0.25) is 0 Å². The molecule has 0 fully saturated rings. The summed E-state index contributed by atoms with van der Waals surface area (Å²) in [5.41, 5.74) is 2.50. The van der Waals surface area contributed by atoms with Crippen LogP contribution in [-0.4, -0.2) is 41.4 Å². The molecule has 0 spiro atoms. The molecule has 0 saturated carbocycles. The first-order chi connectivity index (χ1) is 14.0. The van der Waals surface area contributed by atoms with E-state index in [0.717, 1.165) is 10.6 Å². The molecule has 2 heterocycles. The van der Waals surface area contributed by atoms with Crippen LogP contribution in [0.5, 0.6) is 0 Å². The van der Waals surface area contributed by atoms with Crippen LogP contribution < -0.4 is 10.6 Å². The van der Waals surface area contributed by atoms with E-state index in [1.54, 1.807) is 36.7 Å². The van der Waals surface area contributed by atoms with Crippen LogP contribution in [0, 0.1) is 0 Å². The maximum absolute atomic E-state index is 12.3. The van der Waals surface area contributed by atoms with Crippen LogP contribution in [0.25, 0.3) is 10.6 Å². The number of nitrogens with one attached hydrogen (secondary N) is 2. The molecule has 0 unspecified atom stereocenters. The van der Waals surface area contributed by atoms with Crippen molar-refractivity contribution in [2.75, 3.05) is 19.0 Å². The molecule has 2 amide bonds. The predicted octanol–water partition coefficient (Wildman–Crippen LogP) is 2.29. The molecule has 0 aliphatic carbocycles. The molecule has 2 aromatic heterocycles. The normalized spacial score (nSPS) is 10.2. The van der Waals surface area contributed by atoms with Crippen molar-refractivity contribution in [2.24, 2.45) is 0 Å². The van der Waals surface area contributed by atoms with Gasteiger partial charge in [0.1, 0.15) is 11.6 Å². The van der Waals surface area contributed by atoms with E-state index in [-0.39, 0.29) is 18.9 Å². The van der Waals surface area contributed by atoms with E-state index >= 15 is 0 Å². The van der Waals surface area contributed by atoms with Crippen molar-refractivity contribution in [1.82, 2.24) is 15.3 Å². The van der Waals surface area contributed by atoms with Crippen molar-refractivity contribution < 1.29 is 19.1 Å². The number of ether oxygens (including phenoxy) is 1. The van der Waals surface area contributed by atoms with Crippen LogP contribution in [0.4, 0.5) is 5.69 Å². The van der Waals surface area contributed by atoms with Gasteiger partial charge in [0.25, 0.3) is 5.91 Å². The first-order valence-electron chi connectivity index (χ1n) is 8.65. The molecule has 8 nitrogen and oxygen atoms in total. The summed E-state index contributed by atoms with van der Waals surface area (Å²) >= 11 is 1.46. The summed E-state index contributed by atoms with van der Waals surface area (Å²) in [6, 6.07) is 10.1. The quantitative estimate of drug-likeness (QED) is 0.578. The Morgan fingerprint density at radius 1 is 1.14 bits per heavy atom. The summed E-state index contributed by atoms with van der Waals surface area (Å²) in [4.78, 5) is 43.8. The van der Waals surface area contributed by atoms with E-state index in [1.165, 1.54) is 18.4 Å². The van der Waals surface area contributed by atoms with Crippen molar-refractivity contribution in [3.05, 3.63) is 65.4 Å². The van der Waals surface area contributed by atoms with E-state index < -0.39 is 11.9 Å². The Hall–Kier alpha value is -3.59. The van der Waals surface area contributed by atoms with E-state index in [0.29, 0.717) is 16.9 Å². The van der Waals surface area contributed by atoms with Crippen molar-refractivity contribution in [3.63, 3.8) is 0 Å². The minimum absolute atomic E-state index is 0.137. The Morgan fingerprint density at radius 3 is 2.62 bits per heavy atom. The Balaban J connectivity index is 1.54. The van der Waals surface area contributed by atoms with Gasteiger partial charge in [-0.3, -0.25) is 19.4 Å². The number of thiazole rings is 1. The number of hydrogen-bond acceptors (Lipinski definition) is 7. The number of pyridine rings is 1. The lowest BCUT2D eigenvalue weighted by Crippen LogP contribution is -2.30. The number of anilines is 1. The van der Waals surface area contributed by atoms with Gasteiger partial charge in [-0.05, 0) is 36.4 Å². The van der Waals surface area contributed by atoms with E-state index in [4.69, 9.17) is 0 Å². The summed E-state index contributed by atoms with van der Waals surface area (Å²) < 4.78 is 4.47. The van der Waals surface area contributed by atoms with Gasteiger partial charge in [-0.25, -0.2) is 4.98 Å². The van der Waals surface area contributed by atoms with Gasteiger partial charge in [-0.2, -0.15) is 0 Å². The third kappa shape index (κ3) is 5.69. The highest BCUT2D eigenvalue weighted by atomic mass is 32.1. The van der Waals surface area contributed by atoms with Gasteiger partial charge in [-0.1, -0.05) is 0 Å². The van der Waals surface area contributed by atoms with Gasteiger partial charge in [0.2, 0.25) is 5.91 Å². The highest BCUT2D eigenvalue weighted by Crippen LogP contribution is 2.23. The number of rotatable bonds is 7. The Morgan fingerprint density at radius 2 is 1.93 bits per heavy atom. The van der Waals surface area contributed by atoms with Crippen LogP contribution in [0.1, 0.15) is 16.1 Å². The van der Waals surface area contributed by atoms with E-state index in [2.05, 4.69) is 25.3 Å². The van der Waals surface area contributed by atoms with Crippen LogP contribution in [0.15, 0.2) is 54.2 Å². The zero-order chi connectivity index (χ0) is 20.6. The third-order valence-electron chi connectivity index (χ3n) is 3.85. The number of aromatic nitrogens is 2. The molecule has 0 atom stereocenters. The van der Waals surface area contributed by atoms with Crippen molar-refractivity contribution in [1.29, 1.82) is 0 Å². The van der Waals surface area contributed by atoms with Gasteiger partial charge in [0, 0.05) is 34.6 Å². The second kappa shape index (κ2) is 9.56. The summed E-state index contributed by atoms with van der Waals surface area (Å²) in [5.74, 6) is -1.15. The Kier molecular flexibility index (Phi) is 6.64. The van der Waals surface area contributed by atoms with Gasteiger partial charge in [0.05, 0.1) is 19.2 Å². The fourth-order valence-electron chi connectivity index (χ4n) is 2.41. The molecule has 0 saturated heterocycles. The maximum Gasteiger partial charge on any atom is 0.325 e. The topological polar surface area (TPSA) is 110 Å². The molecular weight excluding hydrogens is 392 g/mol. The maximum atomic E-state index is 12.3. The third-order valence-corrected chi connectivity index (χ3v) is 4.79. The molecule has 3 aromatic rings. The largest absolute Gasteiger partial charge is 0.468 e. The molecule has 148 valence electrons. The highest BCUT2D eigenvalue weighted by molar-refractivity contribution is 7.13. The summed E-state index contributed by atoms with van der Waals surface area (Å²) in [7, 11) is 1.25. The number of carbonyl (C=O) groups excluding carboxylic acids is 3. The number of methoxy groups -OCH3 is 1. The average Bonchev–Trinajstić information content (AvgIpc) is 3.21. The van der Waals surface area contributed by atoms with Gasteiger partial charge in [-0.15, -0.1) is 11.3 Å². The predicted molar refractivity (Wildman–Crippen MR) is 108 cm³/mol. The number of amides is 2. The number of carbonyl (C=O) groups is 3.